The minimum atomic E-state index is -0.615. The number of hydrogen-bond donors (Lipinski definition) is 6. The van der Waals surface area contributed by atoms with Crippen LogP contribution in [0.3, 0.4) is 0 Å². The molecule has 0 aromatic heterocycles. The minimum absolute atomic E-state index is 0.0463. The van der Waals surface area contributed by atoms with E-state index in [2.05, 4.69) is 21.3 Å². The van der Waals surface area contributed by atoms with Crippen LogP contribution < -0.4 is 27.0 Å². The first-order chi connectivity index (χ1) is 17.1. The Hall–Kier alpha value is -2.16. The van der Waals surface area contributed by atoms with Crippen LogP contribution in [0.2, 0.25) is 0 Å². The lowest BCUT2D eigenvalue weighted by Gasteiger charge is -2.23. The molecule has 0 bridgehead atoms. The van der Waals surface area contributed by atoms with E-state index >= 15 is 0 Å². The Balaban J connectivity index is 1.68. The molecule has 1 aliphatic carbocycles. The van der Waals surface area contributed by atoms with Gasteiger partial charge in [0, 0.05) is 19.4 Å². The summed E-state index contributed by atoms with van der Waals surface area (Å²) in [4.78, 5) is 25.6. The van der Waals surface area contributed by atoms with Crippen molar-refractivity contribution in [2.75, 3.05) is 39.3 Å². The number of carbonyl (C=O) groups is 2. The van der Waals surface area contributed by atoms with Crippen molar-refractivity contribution in [1.82, 2.24) is 21.3 Å². The molecule has 1 aromatic rings. The van der Waals surface area contributed by atoms with E-state index in [-0.39, 0.29) is 17.6 Å². The number of phenols is 1. The SMILES string of the molecule is NCCCNCCCCNCCCNC(=O)[C@H](Cc1ccc(O)cc1)NC(=O)CC1CCCCC1. The van der Waals surface area contributed by atoms with Gasteiger partial charge in [0.2, 0.25) is 11.8 Å². The smallest absolute Gasteiger partial charge is 0.242 e. The Morgan fingerprint density at radius 1 is 0.886 bits per heavy atom. The molecule has 2 rings (SSSR count). The standard InChI is InChI=1S/C27H47N5O3/c28-14-6-17-29-15-4-5-16-30-18-7-19-31-27(35)25(20-23-10-12-24(33)13-11-23)32-26(34)21-22-8-2-1-3-9-22/h10-13,22,25,29-30,33H,1-9,14-21,28H2,(H,31,35)(H,32,34)/t25-/m0/s1. The van der Waals surface area contributed by atoms with Gasteiger partial charge in [-0.25, -0.2) is 0 Å². The number of rotatable bonds is 18. The second kappa shape index (κ2) is 18.2. The van der Waals surface area contributed by atoms with E-state index < -0.39 is 6.04 Å². The molecule has 0 saturated heterocycles. The molecule has 1 saturated carbocycles. The Morgan fingerprint density at radius 2 is 1.51 bits per heavy atom. The van der Waals surface area contributed by atoms with E-state index in [9.17, 15) is 14.7 Å². The zero-order valence-corrected chi connectivity index (χ0v) is 21.3. The molecule has 35 heavy (non-hydrogen) atoms. The van der Waals surface area contributed by atoms with Crippen molar-refractivity contribution >= 4 is 11.8 Å². The molecule has 1 aliphatic rings. The van der Waals surface area contributed by atoms with Crippen LogP contribution in [0.25, 0.3) is 0 Å². The zero-order chi connectivity index (χ0) is 25.1. The Bertz CT molecular complexity index is 707. The molecular formula is C27H47N5O3. The number of aromatic hydroxyl groups is 1. The normalized spacial score (nSPS) is 15.0. The van der Waals surface area contributed by atoms with Gasteiger partial charge in [-0.1, -0.05) is 31.4 Å². The molecular weight excluding hydrogens is 442 g/mol. The van der Waals surface area contributed by atoms with Gasteiger partial charge in [0.1, 0.15) is 11.8 Å². The van der Waals surface area contributed by atoms with Crippen LogP contribution in [0.15, 0.2) is 24.3 Å². The van der Waals surface area contributed by atoms with Crippen molar-refractivity contribution in [3.05, 3.63) is 29.8 Å². The second-order valence-corrected chi connectivity index (χ2v) is 9.69. The molecule has 0 spiro atoms. The van der Waals surface area contributed by atoms with Crippen LogP contribution >= 0.6 is 0 Å². The van der Waals surface area contributed by atoms with Crippen LogP contribution in [0.5, 0.6) is 5.75 Å². The maximum atomic E-state index is 12.9. The van der Waals surface area contributed by atoms with E-state index in [4.69, 9.17) is 5.73 Å². The molecule has 1 atom stereocenters. The van der Waals surface area contributed by atoms with E-state index in [1.807, 2.05) is 0 Å². The van der Waals surface area contributed by atoms with Crippen molar-refractivity contribution in [1.29, 1.82) is 0 Å². The van der Waals surface area contributed by atoms with Crippen LogP contribution in [-0.4, -0.2) is 62.2 Å². The lowest BCUT2D eigenvalue weighted by molar-refractivity contribution is -0.129. The van der Waals surface area contributed by atoms with Crippen molar-refractivity contribution < 1.29 is 14.7 Å². The fourth-order valence-corrected chi connectivity index (χ4v) is 4.51. The molecule has 0 aliphatic heterocycles. The van der Waals surface area contributed by atoms with Crippen molar-refractivity contribution in [3.63, 3.8) is 0 Å². The number of unbranched alkanes of at least 4 members (excludes halogenated alkanes) is 1. The van der Waals surface area contributed by atoms with Crippen molar-refractivity contribution in [3.8, 4) is 5.75 Å². The molecule has 1 aromatic carbocycles. The average molecular weight is 490 g/mol. The maximum Gasteiger partial charge on any atom is 0.242 e. The fourth-order valence-electron chi connectivity index (χ4n) is 4.51. The molecule has 7 N–H and O–H groups in total. The third-order valence-corrected chi connectivity index (χ3v) is 6.57. The number of nitrogens with two attached hydrogens (primary N) is 1. The van der Waals surface area contributed by atoms with Gasteiger partial charge in [-0.2, -0.15) is 0 Å². The van der Waals surface area contributed by atoms with Crippen LogP contribution in [-0.2, 0) is 16.0 Å². The zero-order valence-electron chi connectivity index (χ0n) is 21.3. The van der Waals surface area contributed by atoms with Gasteiger partial charge in [-0.05, 0) is 94.9 Å². The quantitative estimate of drug-likeness (QED) is 0.175. The molecule has 1 fully saturated rings. The van der Waals surface area contributed by atoms with E-state index in [1.54, 1.807) is 24.3 Å². The first-order valence-electron chi connectivity index (χ1n) is 13.5. The van der Waals surface area contributed by atoms with Crippen molar-refractivity contribution in [2.45, 2.75) is 76.7 Å². The summed E-state index contributed by atoms with van der Waals surface area (Å²) in [6.07, 6.45) is 10.8. The first kappa shape index (κ1) is 29.1. The Morgan fingerprint density at radius 3 is 2.17 bits per heavy atom. The highest BCUT2D eigenvalue weighted by Gasteiger charge is 2.23. The fraction of sp³-hybridized carbons (Fsp3) is 0.704. The summed E-state index contributed by atoms with van der Waals surface area (Å²) in [6.45, 7) is 5.11. The van der Waals surface area contributed by atoms with E-state index in [1.165, 1.54) is 19.3 Å². The van der Waals surface area contributed by atoms with Gasteiger partial charge in [0.15, 0.2) is 0 Å². The number of benzene rings is 1. The van der Waals surface area contributed by atoms with E-state index in [0.717, 1.165) is 76.8 Å². The first-order valence-corrected chi connectivity index (χ1v) is 13.5. The van der Waals surface area contributed by atoms with Gasteiger partial charge in [0.05, 0.1) is 0 Å². The van der Waals surface area contributed by atoms with Gasteiger partial charge in [0.25, 0.3) is 0 Å². The van der Waals surface area contributed by atoms with Gasteiger partial charge in [-0.15, -0.1) is 0 Å². The highest BCUT2D eigenvalue weighted by atomic mass is 16.3. The largest absolute Gasteiger partial charge is 0.508 e. The molecule has 0 unspecified atom stereocenters. The summed E-state index contributed by atoms with van der Waals surface area (Å²) in [6, 6.07) is 6.18. The Labute approximate surface area is 211 Å². The van der Waals surface area contributed by atoms with Crippen LogP contribution in [0, 0.1) is 5.92 Å². The lowest BCUT2D eigenvalue weighted by Crippen LogP contribution is -2.48. The molecule has 198 valence electrons. The lowest BCUT2D eigenvalue weighted by atomic mass is 9.87. The monoisotopic (exact) mass is 489 g/mol. The topological polar surface area (TPSA) is 129 Å². The molecule has 8 nitrogen and oxygen atoms in total. The predicted octanol–water partition coefficient (Wildman–Crippen LogP) is 2.20. The summed E-state index contributed by atoms with van der Waals surface area (Å²) >= 11 is 0. The summed E-state index contributed by atoms with van der Waals surface area (Å²) in [5.74, 6) is 0.411. The number of amides is 2. The van der Waals surface area contributed by atoms with Crippen LogP contribution in [0.4, 0.5) is 0 Å². The highest BCUT2D eigenvalue weighted by Crippen LogP contribution is 2.26. The third-order valence-electron chi connectivity index (χ3n) is 6.57. The summed E-state index contributed by atoms with van der Waals surface area (Å²) in [7, 11) is 0. The average Bonchev–Trinajstić information content (AvgIpc) is 2.86. The molecule has 0 radical (unpaired) electrons. The third kappa shape index (κ3) is 13.5. The predicted molar refractivity (Wildman–Crippen MR) is 141 cm³/mol. The van der Waals surface area contributed by atoms with Crippen molar-refractivity contribution in [2.24, 2.45) is 11.7 Å². The Kier molecular flexibility index (Phi) is 15.1. The summed E-state index contributed by atoms with van der Waals surface area (Å²) in [5, 5.41) is 22.3. The number of carbonyl (C=O) groups excluding carboxylic acids is 2. The molecule has 8 heteroatoms. The number of hydrogen-bond acceptors (Lipinski definition) is 6. The summed E-state index contributed by atoms with van der Waals surface area (Å²) in [5.41, 5.74) is 6.38. The summed E-state index contributed by atoms with van der Waals surface area (Å²) < 4.78 is 0. The van der Waals surface area contributed by atoms with Gasteiger partial charge >= 0.3 is 0 Å². The maximum absolute atomic E-state index is 12.9. The number of nitrogens with one attached hydrogen (secondary N) is 4. The number of phenolic OH excluding ortho intramolecular Hbond substituents is 1. The van der Waals surface area contributed by atoms with E-state index in [0.29, 0.717) is 25.3 Å². The van der Waals surface area contributed by atoms with Crippen LogP contribution in [0.1, 0.15) is 69.8 Å². The van der Waals surface area contributed by atoms with Gasteiger partial charge < -0.3 is 32.1 Å². The molecule has 0 heterocycles. The highest BCUT2D eigenvalue weighted by molar-refractivity contribution is 5.87. The minimum Gasteiger partial charge on any atom is -0.508 e. The molecule has 2 amide bonds. The second-order valence-electron chi connectivity index (χ2n) is 9.69. The van der Waals surface area contributed by atoms with Gasteiger partial charge in [-0.3, -0.25) is 9.59 Å².